The van der Waals surface area contributed by atoms with E-state index in [2.05, 4.69) is 6.58 Å². The summed E-state index contributed by atoms with van der Waals surface area (Å²) in [4.78, 5) is 10.7. The van der Waals surface area contributed by atoms with Gasteiger partial charge in [-0.05, 0) is 36.1 Å². The van der Waals surface area contributed by atoms with Gasteiger partial charge >= 0.3 is 5.97 Å². The number of hydrogen-bond donors (Lipinski definition) is 1. The lowest BCUT2D eigenvalue weighted by Gasteiger charge is -2.15. The normalized spacial score (nSPS) is 10.5. The average Bonchev–Trinajstić information content (AvgIpc) is 2.29. The number of rotatable bonds is 5. The van der Waals surface area contributed by atoms with Crippen LogP contribution in [0.15, 0.2) is 24.3 Å². The molecule has 0 aromatic heterocycles. The number of benzene rings is 1. The van der Waals surface area contributed by atoms with Crippen LogP contribution in [-0.2, 0) is 4.79 Å². The summed E-state index contributed by atoms with van der Waals surface area (Å²) in [5, 5.41) is 9.42. The first-order valence-corrected chi connectivity index (χ1v) is 6.04. The van der Waals surface area contributed by atoms with Gasteiger partial charge in [-0.2, -0.15) is 0 Å². The Bertz CT molecular complexity index is 478. The minimum absolute atomic E-state index is 0.0253. The second-order valence-electron chi connectivity index (χ2n) is 4.49. The summed E-state index contributed by atoms with van der Waals surface area (Å²) in [6.45, 7) is 9.34. The fourth-order valence-corrected chi connectivity index (χ4v) is 1.65. The summed E-state index contributed by atoms with van der Waals surface area (Å²) in [5.41, 5.74) is 1.89. The average molecular weight is 269 g/mol. The number of carbonyl (C=O) groups is 1. The number of hydrogen-bond acceptors (Lipinski definition) is 2. The minimum Gasteiger partial charge on any atom is -0.488 e. The number of aliphatic carboxylic acids is 1. The summed E-state index contributed by atoms with van der Waals surface area (Å²) < 4.78 is 5.52. The SMILES string of the molecule is C=C(COc1cc(C)c(Cl)cc1C(C)C)C(=O)O. The molecule has 0 saturated heterocycles. The van der Waals surface area contributed by atoms with Crippen LogP contribution in [-0.4, -0.2) is 17.7 Å². The molecule has 3 nitrogen and oxygen atoms in total. The van der Waals surface area contributed by atoms with Crippen molar-refractivity contribution in [2.24, 2.45) is 0 Å². The van der Waals surface area contributed by atoms with Crippen LogP contribution in [0.1, 0.15) is 30.9 Å². The molecule has 0 amide bonds. The van der Waals surface area contributed by atoms with Crippen LogP contribution < -0.4 is 4.74 Å². The molecule has 0 aliphatic heterocycles. The molecule has 0 spiro atoms. The monoisotopic (exact) mass is 268 g/mol. The third kappa shape index (κ3) is 3.50. The van der Waals surface area contributed by atoms with Gasteiger partial charge < -0.3 is 9.84 Å². The van der Waals surface area contributed by atoms with Crippen LogP contribution in [0, 0.1) is 6.92 Å². The zero-order chi connectivity index (χ0) is 13.9. The minimum atomic E-state index is -1.05. The van der Waals surface area contributed by atoms with E-state index in [0.29, 0.717) is 10.8 Å². The smallest absolute Gasteiger partial charge is 0.334 e. The Kier molecular flexibility index (Phi) is 4.79. The number of carboxylic acid groups (broad SMARTS) is 1. The predicted molar refractivity (Wildman–Crippen MR) is 72.5 cm³/mol. The highest BCUT2D eigenvalue weighted by Gasteiger charge is 2.12. The van der Waals surface area contributed by atoms with Crippen molar-refractivity contribution in [2.45, 2.75) is 26.7 Å². The van der Waals surface area contributed by atoms with Gasteiger partial charge in [-0.25, -0.2) is 4.79 Å². The van der Waals surface area contributed by atoms with Crippen molar-refractivity contribution in [3.63, 3.8) is 0 Å². The second-order valence-corrected chi connectivity index (χ2v) is 4.90. The lowest BCUT2D eigenvalue weighted by molar-refractivity contribution is -0.133. The van der Waals surface area contributed by atoms with Crippen LogP contribution in [0.3, 0.4) is 0 Å². The van der Waals surface area contributed by atoms with E-state index in [1.54, 1.807) is 0 Å². The molecule has 0 saturated carbocycles. The molecule has 18 heavy (non-hydrogen) atoms. The molecule has 98 valence electrons. The molecule has 0 heterocycles. The molecule has 1 N–H and O–H groups in total. The Balaban J connectivity index is 2.97. The van der Waals surface area contributed by atoms with Gasteiger partial charge in [0.2, 0.25) is 0 Å². The quantitative estimate of drug-likeness (QED) is 0.827. The lowest BCUT2D eigenvalue weighted by atomic mass is 10.0. The van der Waals surface area contributed by atoms with Gasteiger partial charge in [0, 0.05) is 5.02 Å². The molecule has 0 bridgehead atoms. The number of aryl methyl sites for hydroxylation is 1. The van der Waals surface area contributed by atoms with Crippen molar-refractivity contribution in [3.05, 3.63) is 40.4 Å². The maximum Gasteiger partial charge on any atom is 0.334 e. The van der Waals surface area contributed by atoms with Crippen molar-refractivity contribution < 1.29 is 14.6 Å². The van der Waals surface area contributed by atoms with Crippen molar-refractivity contribution in [3.8, 4) is 5.75 Å². The third-order valence-corrected chi connectivity index (χ3v) is 3.02. The Morgan fingerprint density at radius 2 is 2.11 bits per heavy atom. The van der Waals surface area contributed by atoms with Gasteiger partial charge in [0.05, 0.1) is 5.57 Å². The van der Waals surface area contributed by atoms with Crippen LogP contribution in [0.25, 0.3) is 0 Å². The fraction of sp³-hybridized carbons (Fsp3) is 0.357. The molecule has 1 rings (SSSR count). The molecule has 1 aromatic carbocycles. The first kappa shape index (κ1) is 14.6. The Morgan fingerprint density at radius 3 is 2.61 bits per heavy atom. The van der Waals surface area contributed by atoms with Crippen LogP contribution >= 0.6 is 11.6 Å². The van der Waals surface area contributed by atoms with Gasteiger partial charge in [-0.15, -0.1) is 0 Å². The molecule has 0 aliphatic carbocycles. The first-order chi connectivity index (χ1) is 8.32. The molecular weight excluding hydrogens is 252 g/mol. The third-order valence-electron chi connectivity index (χ3n) is 2.62. The number of ether oxygens (including phenoxy) is 1. The van der Waals surface area contributed by atoms with Gasteiger partial charge in [0.25, 0.3) is 0 Å². The van der Waals surface area contributed by atoms with Crippen LogP contribution in [0.5, 0.6) is 5.75 Å². The van der Waals surface area contributed by atoms with Crippen molar-refractivity contribution in [1.29, 1.82) is 0 Å². The maximum atomic E-state index is 10.7. The van der Waals surface area contributed by atoms with Gasteiger partial charge in [-0.3, -0.25) is 0 Å². The van der Waals surface area contributed by atoms with Crippen molar-refractivity contribution >= 4 is 17.6 Å². The Hall–Kier alpha value is -1.48. The van der Waals surface area contributed by atoms with E-state index in [-0.39, 0.29) is 18.1 Å². The molecule has 0 radical (unpaired) electrons. The summed E-state index contributed by atoms with van der Waals surface area (Å²) in [7, 11) is 0. The molecular formula is C14H17ClO3. The molecule has 0 fully saturated rings. The van der Waals surface area contributed by atoms with Crippen LogP contribution in [0.2, 0.25) is 5.02 Å². The molecule has 0 atom stereocenters. The highest BCUT2D eigenvalue weighted by atomic mass is 35.5. The van der Waals surface area contributed by atoms with Crippen molar-refractivity contribution in [1.82, 2.24) is 0 Å². The molecule has 1 aromatic rings. The molecule has 0 unspecified atom stereocenters. The van der Waals surface area contributed by atoms with Gasteiger partial charge in [0.1, 0.15) is 12.4 Å². The number of carboxylic acids is 1. The highest BCUT2D eigenvalue weighted by Crippen LogP contribution is 2.32. The van der Waals surface area contributed by atoms with Crippen molar-refractivity contribution in [2.75, 3.05) is 6.61 Å². The molecule has 0 aliphatic rings. The topological polar surface area (TPSA) is 46.5 Å². The van der Waals surface area contributed by atoms with Gasteiger partial charge in [-0.1, -0.05) is 32.0 Å². The summed E-state index contributed by atoms with van der Waals surface area (Å²) >= 11 is 6.08. The zero-order valence-electron chi connectivity index (χ0n) is 10.8. The fourth-order valence-electron chi connectivity index (χ4n) is 1.47. The maximum absolute atomic E-state index is 10.7. The van der Waals surface area contributed by atoms with E-state index in [1.807, 2.05) is 32.9 Å². The highest BCUT2D eigenvalue weighted by molar-refractivity contribution is 6.31. The predicted octanol–water partition coefficient (Wildman–Crippen LogP) is 3.79. The molecule has 4 heteroatoms. The summed E-state index contributed by atoms with van der Waals surface area (Å²) in [6, 6.07) is 3.69. The zero-order valence-corrected chi connectivity index (χ0v) is 11.5. The lowest BCUT2D eigenvalue weighted by Crippen LogP contribution is -2.10. The van der Waals surface area contributed by atoms with E-state index in [1.165, 1.54) is 0 Å². The standard InChI is InChI=1S/C14H17ClO3/c1-8(2)11-6-12(15)9(3)5-13(11)18-7-10(4)14(16)17/h5-6,8H,4,7H2,1-3H3,(H,16,17). The summed E-state index contributed by atoms with van der Waals surface area (Å²) in [6.07, 6.45) is 0. The largest absolute Gasteiger partial charge is 0.488 e. The summed E-state index contributed by atoms with van der Waals surface area (Å²) in [5.74, 6) is -0.141. The Morgan fingerprint density at radius 1 is 1.50 bits per heavy atom. The van der Waals surface area contributed by atoms with E-state index >= 15 is 0 Å². The van der Waals surface area contributed by atoms with Crippen LogP contribution in [0.4, 0.5) is 0 Å². The van der Waals surface area contributed by atoms with E-state index in [0.717, 1.165) is 11.1 Å². The Labute approximate surface area is 112 Å². The second kappa shape index (κ2) is 5.91. The van der Waals surface area contributed by atoms with E-state index < -0.39 is 5.97 Å². The van der Waals surface area contributed by atoms with E-state index in [9.17, 15) is 4.79 Å². The number of halogens is 1. The van der Waals surface area contributed by atoms with Gasteiger partial charge in [0.15, 0.2) is 0 Å². The van der Waals surface area contributed by atoms with E-state index in [4.69, 9.17) is 21.4 Å². The first-order valence-electron chi connectivity index (χ1n) is 5.66.